The van der Waals surface area contributed by atoms with Gasteiger partial charge in [0.05, 0.1) is 6.26 Å². The lowest BCUT2D eigenvalue weighted by molar-refractivity contribution is -0.116. The zero-order valence-corrected chi connectivity index (χ0v) is 16.7. The van der Waals surface area contributed by atoms with Gasteiger partial charge < -0.3 is 15.1 Å². The van der Waals surface area contributed by atoms with Gasteiger partial charge in [-0.2, -0.15) is 0 Å². The fourth-order valence-corrected chi connectivity index (χ4v) is 3.47. The highest BCUT2D eigenvalue weighted by Gasteiger charge is 2.07. The minimum Gasteiger partial charge on any atom is -0.459 e. The third kappa shape index (κ3) is 5.67. The van der Waals surface area contributed by atoms with E-state index in [0.717, 1.165) is 19.8 Å². The Hall–Kier alpha value is -2.64. The van der Waals surface area contributed by atoms with Crippen molar-refractivity contribution in [1.29, 1.82) is 0 Å². The molecule has 0 fully saturated rings. The molecule has 5 nitrogen and oxygen atoms in total. The third-order valence-corrected chi connectivity index (χ3v) is 5.24. The molecule has 2 heterocycles. The maximum atomic E-state index is 11.9. The number of nitrogens with one attached hydrogen (secondary N) is 2. The Bertz CT molecular complexity index is 931. The summed E-state index contributed by atoms with van der Waals surface area (Å²) in [7, 11) is 0. The van der Waals surface area contributed by atoms with Crippen LogP contribution in [0.2, 0.25) is 0 Å². The van der Waals surface area contributed by atoms with Gasteiger partial charge in [0.1, 0.15) is 0 Å². The summed E-state index contributed by atoms with van der Waals surface area (Å²) in [4.78, 5) is 25.7. The molecule has 1 aromatic carbocycles. The van der Waals surface area contributed by atoms with Crippen LogP contribution in [0.15, 0.2) is 69.8 Å². The van der Waals surface area contributed by atoms with Crippen molar-refractivity contribution in [3.8, 4) is 10.4 Å². The zero-order valence-electron chi connectivity index (χ0n) is 14.3. The summed E-state index contributed by atoms with van der Waals surface area (Å²) in [6.45, 7) is 0.663. The van der Waals surface area contributed by atoms with Crippen molar-refractivity contribution in [3.05, 3.63) is 76.0 Å². The van der Waals surface area contributed by atoms with Gasteiger partial charge in [-0.05, 0) is 48.0 Å². The highest BCUT2D eigenvalue weighted by molar-refractivity contribution is 9.10. The first kappa shape index (κ1) is 19.1. The van der Waals surface area contributed by atoms with E-state index >= 15 is 0 Å². The summed E-state index contributed by atoms with van der Waals surface area (Å²) < 4.78 is 6.03. The normalized spacial score (nSPS) is 10.9. The minimum atomic E-state index is -0.302. The van der Waals surface area contributed by atoms with Crippen LogP contribution in [0.25, 0.3) is 16.5 Å². The molecule has 0 saturated heterocycles. The lowest BCUT2D eigenvalue weighted by Crippen LogP contribution is -2.33. The molecular formula is C20H17BrN2O3S. The standard InChI is InChI=1S/C20H17BrN2O3S/c21-15-5-3-14(4-6-15)18-9-7-16(27-18)8-10-19(24)22-11-12-23-20(25)17-2-1-13-26-17/h1-10,13H,11-12H2,(H,22,24)(H,23,25). The third-order valence-electron chi connectivity index (χ3n) is 3.61. The fourth-order valence-electron chi connectivity index (χ4n) is 2.29. The number of carbonyl (C=O) groups is 2. The molecule has 2 aromatic heterocycles. The molecular weight excluding hydrogens is 428 g/mol. The molecule has 27 heavy (non-hydrogen) atoms. The molecule has 138 valence electrons. The Balaban J connectivity index is 1.43. The predicted octanol–water partition coefficient (Wildman–Crippen LogP) is 4.33. The molecule has 0 aliphatic rings. The first-order chi connectivity index (χ1) is 13.1. The van der Waals surface area contributed by atoms with Gasteiger partial charge >= 0.3 is 0 Å². The molecule has 0 spiro atoms. The van der Waals surface area contributed by atoms with Crippen molar-refractivity contribution in [2.45, 2.75) is 0 Å². The number of hydrogen-bond acceptors (Lipinski definition) is 4. The van der Waals surface area contributed by atoms with Crippen LogP contribution in [-0.4, -0.2) is 24.9 Å². The Labute approximate surface area is 169 Å². The molecule has 0 unspecified atom stereocenters. The number of furan rings is 1. The first-order valence-electron chi connectivity index (χ1n) is 8.25. The molecule has 0 aliphatic heterocycles. The van der Waals surface area contributed by atoms with Crippen LogP contribution < -0.4 is 10.6 Å². The van der Waals surface area contributed by atoms with Crippen molar-refractivity contribution in [1.82, 2.24) is 10.6 Å². The first-order valence-corrected chi connectivity index (χ1v) is 9.86. The van der Waals surface area contributed by atoms with Gasteiger partial charge in [-0.3, -0.25) is 9.59 Å². The van der Waals surface area contributed by atoms with E-state index in [0.29, 0.717) is 13.1 Å². The van der Waals surface area contributed by atoms with E-state index in [2.05, 4.69) is 26.6 Å². The Morgan fingerprint density at radius 3 is 2.56 bits per heavy atom. The molecule has 0 bridgehead atoms. The lowest BCUT2D eigenvalue weighted by atomic mass is 10.2. The van der Waals surface area contributed by atoms with Crippen LogP contribution in [0.4, 0.5) is 0 Å². The van der Waals surface area contributed by atoms with Crippen molar-refractivity contribution in [3.63, 3.8) is 0 Å². The highest BCUT2D eigenvalue weighted by Crippen LogP contribution is 2.29. The molecule has 3 aromatic rings. The summed E-state index contributed by atoms with van der Waals surface area (Å²) in [5.74, 6) is -0.259. The summed E-state index contributed by atoms with van der Waals surface area (Å²) in [6, 6.07) is 15.4. The summed E-state index contributed by atoms with van der Waals surface area (Å²) in [6.07, 6.45) is 4.71. The van der Waals surface area contributed by atoms with Gasteiger partial charge in [0, 0.05) is 33.4 Å². The average molecular weight is 445 g/mol. The van der Waals surface area contributed by atoms with Crippen molar-refractivity contribution >= 4 is 45.2 Å². The number of halogens is 1. The number of benzene rings is 1. The number of thiophene rings is 1. The van der Waals surface area contributed by atoms with Gasteiger partial charge in [-0.15, -0.1) is 11.3 Å². The second-order valence-corrected chi connectivity index (χ2v) is 7.60. The van der Waals surface area contributed by atoms with E-state index in [4.69, 9.17) is 4.42 Å². The monoisotopic (exact) mass is 444 g/mol. The maximum absolute atomic E-state index is 11.9. The van der Waals surface area contributed by atoms with Gasteiger partial charge in [0.15, 0.2) is 5.76 Å². The van der Waals surface area contributed by atoms with E-state index in [1.807, 2.05) is 36.4 Å². The predicted molar refractivity (Wildman–Crippen MR) is 111 cm³/mol. The number of rotatable bonds is 7. The molecule has 0 radical (unpaired) electrons. The second kappa shape index (κ2) is 9.34. The Morgan fingerprint density at radius 2 is 1.81 bits per heavy atom. The van der Waals surface area contributed by atoms with E-state index in [1.54, 1.807) is 29.5 Å². The molecule has 7 heteroatoms. The minimum absolute atomic E-state index is 0.208. The van der Waals surface area contributed by atoms with E-state index in [1.165, 1.54) is 12.3 Å². The van der Waals surface area contributed by atoms with Gasteiger partial charge in [0.25, 0.3) is 5.91 Å². The zero-order chi connectivity index (χ0) is 19.1. The molecule has 3 rings (SSSR count). The SMILES string of the molecule is O=C(C=Cc1ccc(-c2ccc(Br)cc2)s1)NCCNC(=O)c1ccco1. The smallest absolute Gasteiger partial charge is 0.287 e. The van der Waals surface area contributed by atoms with Crippen molar-refractivity contribution in [2.24, 2.45) is 0 Å². The lowest BCUT2D eigenvalue weighted by Gasteiger charge is -2.03. The van der Waals surface area contributed by atoms with Crippen LogP contribution >= 0.6 is 27.3 Å². The van der Waals surface area contributed by atoms with Gasteiger partial charge in [-0.1, -0.05) is 28.1 Å². The van der Waals surface area contributed by atoms with Gasteiger partial charge in [-0.25, -0.2) is 0 Å². The molecule has 0 atom stereocenters. The summed E-state index contributed by atoms with van der Waals surface area (Å²) >= 11 is 5.04. The molecule has 2 amide bonds. The largest absolute Gasteiger partial charge is 0.459 e. The quantitative estimate of drug-likeness (QED) is 0.420. The molecule has 2 N–H and O–H groups in total. The van der Waals surface area contributed by atoms with Crippen LogP contribution in [0.5, 0.6) is 0 Å². The van der Waals surface area contributed by atoms with Crippen molar-refractivity contribution in [2.75, 3.05) is 13.1 Å². The van der Waals surface area contributed by atoms with E-state index in [9.17, 15) is 9.59 Å². The van der Waals surface area contributed by atoms with Crippen LogP contribution in [0.3, 0.4) is 0 Å². The van der Waals surface area contributed by atoms with Crippen molar-refractivity contribution < 1.29 is 14.0 Å². The Morgan fingerprint density at radius 1 is 1.04 bits per heavy atom. The average Bonchev–Trinajstić information content (AvgIpc) is 3.36. The summed E-state index contributed by atoms with van der Waals surface area (Å²) in [5.41, 5.74) is 1.14. The van der Waals surface area contributed by atoms with Crippen LogP contribution in [0.1, 0.15) is 15.4 Å². The number of carbonyl (C=O) groups excluding carboxylic acids is 2. The molecule has 0 aliphatic carbocycles. The number of amides is 2. The van der Waals surface area contributed by atoms with E-state index in [-0.39, 0.29) is 17.6 Å². The Kier molecular flexibility index (Phi) is 6.62. The topological polar surface area (TPSA) is 71.3 Å². The maximum Gasteiger partial charge on any atom is 0.287 e. The molecule has 0 saturated carbocycles. The van der Waals surface area contributed by atoms with Crippen LogP contribution in [0, 0.1) is 0 Å². The van der Waals surface area contributed by atoms with Gasteiger partial charge in [0.2, 0.25) is 5.91 Å². The highest BCUT2D eigenvalue weighted by atomic mass is 79.9. The number of hydrogen-bond donors (Lipinski definition) is 2. The second-order valence-electron chi connectivity index (χ2n) is 5.57. The van der Waals surface area contributed by atoms with Crippen LogP contribution in [-0.2, 0) is 4.79 Å². The fraction of sp³-hybridized carbons (Fsp3) is 0.100. The van der Waals surface area contributed by atoms with E-state index < -0.39 is 0 Å². The summed E-state index contributed by atoms with van der Waals surface area (Å²) in [5, 5.41) is 5.39.